The lowest BCUT2D eigenvalue weighted by Gasteiger charge is -2.30. The maximum absolute atomic E-state index is 11.2. The van der Waals surface area contributed by atoms with Crippen LogP contribution in [0.3, 0.4) is 0 Å². The minimum Gasteiger partial charge on any atom is -0.481 e. The maximum Gasteiger partial charge on any atom is 0.322 e. The Balaban J connectivity index is 5.75. The van der Waals surface area contributed by atoms with E-state index >= 15 is 0 Å². The van der Waals surface area contributed by atoms with Gasteiger partial charge >= 0.3 is 17.9 Å². The molecule has 0 amide bonds. The predicted molar refractivity (Wildman–Crippen MR) is 59.0 cm³/mol. The molecule has 18 heavy (non-hydrogen) atoms. The maximum atomic E-state index is 11.2. The second-order valence-electron chi connectivity index (χ2n) is 4.47. The van der Waals surface area contributed by atoms with Crippen molar-refractivity contribution in [1.82, 2.24) is 0 Å². The van der Waals surface area contributed by atoms with Gasteiger partial charge in [0.25, 0.3) is 0 Å². The van der Waals surface area contributed by atoms with Gasteiger partial charge in [-0.1, -0.05) is 13.8 Å². The van der Waals surface area contributed by atoms with Crippen molar-refractivity contribution >= 4 is 24.2 Å². The summed E-state index contributed by atoms with van der Waals surface area (Å²) in [5.41, 5.74) is -2.61. The van der Waals surface area contributed by atoms with Gasteiger partial charge in [0.15, 0.2) is 5.41 Å². The lowest BCUT2D eigenvalue weighted by Crippen LogP contribution is -2.49. The van der Waals surface area contributed by atoms with E-state index in [4.69, 9.17) is 15.3 Å². The Morgan fingerprint density at radius 3 is 1.78 bits per heavy atom. The molecule has 0 fully saturated rings. The Labute approximate surface area is 103 Å². The van der Waals surface area contributed by atoms with Crippen molar-refractivity contribution in [2.75, 3.05) is 0 Å². The molecule has 0 saturated carbocycles. The van der Waals surface area contributed by atoms with Crippen molar-refractivity contribution in [3.63, 3.8) is 0 Å². The van der Waals surface area contributed by atoms with Crippen LogP contribution in [-0.2, 0) is 19.2 Å². The number of aldehydes is 1. The van der Waals surface area contributed by atoms with E-state index in [1.807, 2.05) is 0 Å². The third-order valence-electron chi connectivity index (χ3n) is 2.77. The molecule has 0 aliphatic carbocycles. The molecular formula is C11H16O7. The minimum atomic E-state index is -2.61. The van der Waals surface area contributed by atoms with Crippen molar-refractivity contribution < 1.29 is 34.5 Å². The molecule has 7 nitrogen and oxygen atoms in total. The Hall–Kier alpha value is -1.92. The van der Waals surface area contributed by atoms with E-state index in [9.17, 15) is 19.2 Å². The fraction of sp³-hybridized carbons (Fsp3) is 0.636. The third kappa shape index (κ3) is 3.06. The van der Waals surface area contributed by atoms with Crippen molar-refractivity contribution in [2.45, 2.75) is 26.7 Å². The van der Waals surface area contributed by atoms with Crippen LogP contribution in [0, 0.1) is 17.3 Å². The van der Waals surface area contributed by atoms with Crippen LogP contribution in [0.2, 0.25) is 0 Å². The van der Waals surface area contributed by atoms with E-state index < -0.39 is 35.7 Å². The predicted octanol–water partition coefficient (Wildman–Crippen LogP) is 0.478. The smallest absolute Gasteiger partial charge is 0.322 e. The number of hydrogen-bond acceptors (Lipinski definition) is 4. The molecule has 0 bridgehead atoms. The molecule has 0 aliphatic rings. The lowest BCUT2D eigenvalue weighted by molar-refractivity contribution is -0.177. The van der Waals surface area contributed by atoms with Gasteiger partial charge in [0, 0.05) is 6.42 Å². The van der Waals surface area contributed by atoms with Crippen LogP contribution >= 0.6 is 0 Å². The van der Waals surface area contributed by atoms with Crippen LogP contribution in [-0.4, -0.2) is 39.5 Å². The lowest BCUT2D eigenvalue weighted by atomic mass is 9.70. The molecule has 0 spiro atoms. The number of hydrogen-bond donors (Lipinski definition) is 3. The Morgan fingerprint density at radius 2 is 1.56 bits per heavy atom. The third-order valence-corrected chi connectivity index (χ3v) is 2.77. The van der Waals surface area contributed by atoms with Gasteiger partial charge in [-0.05, 0) is 12.3 Å². The number of rotatable bonds is 8. The summed E-state index contributed by atoms with van der Waals surface area (Å²) in [6.07, 6.45) is -0.887. The Bertz CT molecular complexity index is 344. The molecule has 7 heteroatoms. The second kappa shape index (κ2) is 6.13. The average Bonchev–Trinajstić information content (AvgIpc) is 2.21. The van der Waals surface area contributed by atoms with E-state index in [0.29, 0.717) is 0 Å². The van der Waals surface area contributed by atoms with Gasteiger partial charge in [0.05, 0.1) is 5.92 Å². The first-order valence-electron chi connectivity index (χ1n) is 5.33. The van der Waals surface area contributed by atoms with E-state index in [1.165, 1.54) is 0 Å². The van der Waals surface area contributed by atoms with Crippen LogP contribution in [0.15, 0.2) is 0 Å². The van der Waals surface area contributed by atoms with Crippen molar-refractivity contribution in [1.29, 1.82) is 0 Å². The fourth-order valence-corrected chi connectivity index (χ4v) is 1.82. The first-order valence-corrected chi connectivity index (χ1v) is 5.33. The molecule has 0 saturated heterocycles. The highest BCUT2D eigenvalue weighted by Crippen LogP contribution is 2.36. The number of carbonyl (C=O) groups excluding carboxylic acids is 1. The zero-order valence-electron chi connectivity index (χ0n) is 10.1. The Kier molecular flexibility index (Phi) is 5.48. The van der Waals surface area contributed by atoms with Crippen LogP contribution in [0.1, 0.15) is 26.7 Å². The van der Waals surface area contributed by atoms with Gasteiger partial charge in [-0.3, -0.25) is 14.4 Å². The van der Waals surface area contributed by atoms with Crippen LogP contribution in [0.5, 0.6) is 0 Å². The van der Waals surface area contributed by atoms with Crippen molar-refractivity contribution in [2.24, 2.45) is 17.3 Å². The molecule has 3 N–H and O–H groups in total. The summed E-state index contributed by atoms with van der Waals surface area (Å²) in [6.45, 7) is 3.29. The molecule has 1 unspecified atom stereocenters. The summed E-state index contributed by atoms with van der Waals surface area (Å²) in [7, 11) is 0. The molecule has 0 aromatic heterocycles. The van der Waals surface area contributed by atoms with E-state index in [0.717, 1.165) is 0 Å². The van der Waals surface area contributed by atoms with E-state index in [2.05, 4.69) is 0 Å². The number of aliphatic carboxylic acids is 3. The normalized spacial score (nSPS) is 13.1. The summed E-state index contributed by atoms with van der Waals surface area (Å²) in [5, 5.41) is 27.1. The average molecular weight is 260 g/mol. The quantitative estimate of drug-likeness (QED) is 0.427. The molecule has 0 rings (SSSR count). The van der Waals surface area contributed by atoms with Gasteiger partial charge in [-0.2, -0.15) is 0 Å². The fourth-order valence-electron chi connectivity index (χ4n) is 1.82. The second-order valence-corrected chi connectivity index (χ2v) is 4.47. The van der Waals surface area contributed by atoms with Gasteiger partial charge in [-0.25, -0.2) is 0 Å². The highest BCUT2D eigenvalue weighted by molar-refractivity contribution is 6.03. The van der Waals surface area contributed by atoms with Gasteiger partial charge < -0.3 is 20.1 Å². The summed E-state index contributed by atoms with van der Waals surface area (Å²) < 4.78 is 0. The van der Waals surface area contributed by atoms with Gasteiger partial charge in [0.2, 0.25) is 0 Å². The van der Waals surface area contributed by atoms with Crippen molar-refractivity contribution in [3.05, 3.63) is 0 Å². The van der Waals surface area contributed by atoms with Gasteiger partial charge in [-0.15, -0.1) is 0 Å². The van der Waals surface area contributed by atoms with Crippen LogP contribution < -0.4 is 0 Å². The van der Waals surface area contributed by atoms with E-state index in [-0.39, 0.29) is 18.6 Å². The van der Waals surface area contributed by atoms with Crippen LogP contribution in [0.4, 0.5) is 0 Å². The molecule has 0 aliphatic heterocycles. The zero-order chi connectivity index (χ0) is 14.5. The summed E-state index contributed by atoms with van der Waals surface area (Å²) in [5.74, 6) is -7.02. The monoisotopic (exact) mass is 260 g/mol. The molecule has 0 aromatic rings. The standard InChI is InChI=1S/C11H16O7/c1-6(2)5-7(8(13)14)11(3-4-12,9(15)16)10(17)18/h4,6-7H,3,5H2,1-2H3,(H,13,14)(H,15,16)(H,17,18). The minimum absolute atomic E-state index is 0.124. The number of carboxylic acids is 3. The molecule has 1 atom stereocenters. The summed E-state index contributed by atoms with van der Waals surface area (Å²) >= 11 is 0. The Morgan fingerprint density at radius 1 is 1.11 bits per heavy atom. The topological polar surface area (TPSA) is 129 Å². The zero-order valence-corrected chi connectivity index (χ0v) is 10.1. The molecular weight excluding hydrogens is 244 g/mol. The van der Waals surface area contributed by atoms with Gasteiger partial charge in [0.1, 0.15) is 6.29 Å². The summed E-state index contributed by atoms with van der Waals surface area (Å²) in [6, 6.07) is 0. The number of carboxylic acid groups (broad SMARTS) is 3. The van der Waals surface area contributed by atoms with Crippen LogP contribution in [0.25, 0.3) is 0 Å². The highest BCUT2D eigenvalue weighted by Gasteiger charge is 2.56. The summed E-state index contributed by atoms with van der Waals surface area (Å²) in [4.78, 5) is 44.0. The molecule has 102 valence electrons. The number of carbonyl (C=O) groups is 4. The highest BCUT2D eigenvalue weighted by atomic mass is 16.4. The van der Waals surface area contributed by atoms with E-state index in [1.54, 1.807) is 13.8 Å². The SMILES string of the molecule is CC(C)CC(C(=O)O)C(CC=O)(C(=O)O)C(=O)O. The first kappa shape index (κ1) is 16.1. The first-order chi connectivity index (χ1) is 8.20. The van der Waals surface area contributed by atoms with Crippen molar-refractivity contribution in [3.8, 4) is 0 Å². The molecule has 0 heterocycles. The molecule has 0 radical (unpaired) electrons. The largest absolute Gasteiger partial charge is 0.481 e. The molecule has 0 aromatic carbocycles.